The molecule has 1 aliphatic carbocycles. The van der Waals surface area contributed by atoms with Gasteiger partial charge in [-0.3, -0.25) is 4.31 Å². The predicted octanol–water partition coefficient (Wildman–Crippen LogP) is 6.41. The third-order valence-electron chi connectivity index (χ3n) is 8.12. The molecule has 0 unspecified atom stereocenters. The molecule has 3 aromatic carbocycles. The molecular formula is C31H35NO5S. The summed E-state index contributed by atoms with van der Waals surface area (Å²) in [5, 5.41) is 8.93. The Labute approximate surface area is 225 Å². The number of rotatable bonds is 7. The number of carboxylic acids is 1. The average Bonchev–Trinajstić information content (AvgIpc) is 3.22. The van der Waals surface area contributed by atoms with Crippen molar-refractivity contribution in [1.29, 1.82) is 0 Å². The molecule has 1 aliphatic heterocycles. The molecular weight excluding hydrogens is 498 g/mol. The maximum atomic E-state index is 14.2. The van der Waals surface area contributed by atoms with E-state index >= 15 is 0 Å². The summed E-state index contributed by atoms with van der Waals surface area (Å²) in [7, 11) is -3.85. The molecule has 3 aromatic rings. The summed E-state index contributed by atoms with van der Waals surface area (Å²) < 4.78 is 35.4. The number of aliphatic carboxylic acids is 1. The highest BCUT2D eigenvalue weighted by molar-refractivity contribution is 7.92. The number of sulfonamides is 1. The normalized spacial score (nSPS) is 16.4. The van der Waals surface area contributed by atoms with Gasteiger partial charge in [0.1, 0.15) is 5.75 Å². The summed E-state index contributed by atoms with van der Waals surface area (Å²) >= 11 is 0. The van der Waals surface area contributed by atoms with Crippen molar-refractivity contribution < 1.29 is 23.1 Å². The van der Waals surface area contributed by atoms with Crippen molar-refractivity contribution in [3.63, 3.8) is 0 Å². The summed E-state index contributed by atoms with van der Waals surface area (Å²) in [6.45, 7) is 5.88. The van der Waals surface area contributed by atoms with Crippen molar-refractivity contribution in [3.8, 4) is 16.9 Å². The van der Waals surface area contributed by atoms with Gasteiger partial charge in [-0.05, 0) is 91.3 Å². The molecule has 0 atom stereocenters. The van der Waals surface area contributed by atoms with Crippen LogP contribution >= 0.6 is 0 Å². The smallest absolute Gasteiger partial charge is 0.341 e. The highest BCUT2D eigenvalue weighted by Crippen LogP contribution is 2.53. The summed E-state index contributed by atoms with van der Waals surface area (Å²) in [5.41, 5.74) is 6.94. The van der Waals surface area contributed by atoms with Crippen LogP contribution in [0.15, 0.2) is 59.5 Å². The minimum absolute atomic E-state index is 0.190. The quantitative estimate of drug-likeness (QED) is 0.380. The van der Waals surface area contributed by atoms with E-state index in [0.29, 0.717) is 17.9 Å². The Morgan fingerprint density at radius 2 is 1.68 bits per heavy atom. The van der Waals surface area contributed by atoms with E-state index in [-0.39, 0.29) is 10.3 Å². The largest absolute Gasteiger partial charge is 0.482 e. The van der Waals surface area contributed by atoms with Crippen LogP contribution in [0, 0.1) is 13.8 Å². The first-order valence-corrected chi connectivity index (χ1v) is 14.8. The highest BCUT2D eigenvalue weighted by atomic mass is 32.2. The first-order chi connectivity index (χ1) is 18.1. The van der Waals surface area contributed by atoms with Gasteiger partial charge in [0, 0.05) is 12.0 Å². The minimum Gasteiger partial charge on any atom is -0.482 e. The maximum absolute atomic E-state index is 14.2. The zero-order chi connectivity index (χ0) is 27.1. The Hall–Kier alpha value is -3.32. The fraction of sp³-hybridized carbons (Fsp3) is 0.387. The van der Waals surface area contributed by atoms with Gasteiger partial charge in [-0.1, -0.05) is 56.0 Å². The number of benzene rings is 3. The topological polar surface area (TPSA) is 83.9 Å². The molecule has 1 fully saturated rings. The molecule has 5 rings (SSSR count). The van der Waals surface area contributed by atoms with E-state index in [1.54, 1.807) is 23.4 Å². The standard InChI is InChI=1S/C31H35NO5S/c1-4-23-17-25(24-10-8-21(2)9-11-24)18-27-30(23)32(20-31(27)14-6-5-7-15-31)38(35,36)26-12-13-28(22(3)16-26)37-19-29(33)34/h8-13,16-18H,4-7,14-15,19-20H2,1-3H3,(H,33,34). The van der Waals surface area contributed by atoms with Crippen LogP contribution in [-0.2, 0) is 26.7 Å². The van der Waals surface area contributed by atoms with Crippen LogP contribution in [-0.4, -0.2) is 32.6 Å². The van der Waals surface area contributed by atoms with Crippen molar-refractivity contribution in [2.45, 2.75) is 69.6 Å². The van der Waals surface area contributed by atoms with E-state index in [0.717, 1.165) is 60.0 Å². The molecule has 0 bridgehead atoms. The lowest BCUT2D eigenvalue weighted by atomic mass is 9.70. The van der Waals surface area contributed by atoms with Gasteiger partial charge in [0.15, 0.2) is 6.61 Å². The molecule has 1 spiro atoms. The Balaban J connectivity index is 1.62. The van der Waals surface area contributed by atoms with Crippen molar-refractivity contribution in [2.75, 3.05) is 17.5 Å². The van der Waals surface area contributed by atoms with Crippen LogP contribution in [0.25, 0.3) is 11.1 Å². The number of nitrogens with zero attached hydrogens (tertiary/aromatic N) is 1. The first kappa shape index (κ1) is 26.3. The molecule has 6 nitrogen and oxygen atoms in total. The molecule has 1 N–H and O–H groups in total. The Bertz CT molecular complexity index is 1470. The van der Waals surface area contributed by atoms with Crippen molar-refractivity contribution in [2.24, 2.45) is 0 Å². The van der Waals surface area contributed by atoms with Gasteiger partial charge in [0.25, 0.3) is 10.0 Å². The number of hydrogen-bond donors (Lipinski definition) is 1. The summed E-state index contributed by atoms with van der Waals surface area (Å²) in [4.78, 5) is 11.1. The molecule has 1 heterocycles. The number of fused-ring (bicyclic) bond motifs is 2. The van der Waals surface area contributed by atoms with Crippen LogP contribution in [0.4, 0.5) is 5.69 Å². The number of carbonyl (C=O) groups is 1. The lowest BCUT2D eigenvalue weighted by Gasteiger charge is -2.34. The van der Waals surface area contributed by atoms with Crippen molar-refractivity contribution in [3.05, 3.63) is 76.9 Å². The second kappa shape index (κ2) is 10.1. The van der Waals surface area contributed by atoms with E-state index in [9.17, 15) is 13.2 Å². The highest BCUT2D eigenvalue weighted by Gasteiger charge is 2.48. The van der Waals surface area contributed by atoms with Gasteiger partial charge in [-0.15, -0.1) is 0 Å². The predicted molar refractivity (Wildman–Crippen MR) is 150 cm³/mol. The molecule has 0 amide bonds. The average molecular weight is 534 g/mol. The molecule has 200 valence electrons. The Morgan fingerprint density at radius 3 is 2.32 bits per heavy atom. The zero-order valence-electron chi connectivity index (χ0n) is 22.3. The van der Waals surface area contributed by atoms with Gasteiger partial charge in [0.05, 0.1) is 10.6 Å². The number of carboxylic acid groups (broad SMARTS) is 1. The van der Waals surface area contributed by atoms with Crippen LogP contribution in [0.1, 0.15) is 61.3 Å². The lowest BCUT2D eigenvalue weighted by Crippen LogP contribution is -2.38. The van der Waals surface area contributed by atoms with Crippen LogP contribution in [0.5, 0.6) is 5.75 Å². The van der Waals surface area contributed by atoms with Gasteiger partial charge in [-0.25, -0.2) is 13.2 Å². The monoisotopic (exact) mass is 533 g/mol. The molecule has 1 saturated carbocycles. The van der Waals surface area contributed by atoms with Crippen LogP contribution in [0.3, 0.4) is 0 Å². The molecule has 38 heavy (non-hydrogen) atoms. The van der Waals surface area contributed by atoms with E-state index < -0.39 is 22.6 Å². The maximum Gasteiger partial charge on any atom is 0.341 e. The third-order valence-corrected chi connectivity index (χ3v) is 9.86. The second-order valence-electron chi connectivity index (χ2n) is 10.7. The van der Waals surface area contributed by atoms with Crippen molar-refractivity contribution >= 4 is 21.7 Å². The minimum atomic E-state index is -3.85. The first-order valence-electron chi connectivity index (χ1n) is 13.4. The summed E-state index contributed by atoms with van der Waals surface area (Å²) in [6.07, 6.45) is 6.06. The lowest BCUT2D eigenvalue weighted by molar-refractivity contribution is -0.139. The second-order valence-corrected chi connectivity index (χ2v) is 12.6. The molecule has 0 radical (unpaired) electrons. The SMILES string of the molecule is CCc1cc(-c2ccc(C)cc2)cc2c1N(S(=O)(=O)c1ccc(OCC(=O)O)c(C)c1)CC21CCCCC1. The van der Waals surface area contributed by atoms with Crippen LogP contribution in [0.2, 0.25) is 0 Å². The number of aryl methyl sites for hydroxylation is 3. The summed E-state index contributed by atoms with van der Waals surface area (Å²) in [5.74, 6) is -0.710. The molecule has 0 aromatic heterocycles. The van der Waals surface area contributed by atoms with E-state index in [1.165, 1.54) is 18.1 Å². The van der Waals surface area contributed by atoms with Crippen LogP contribution < -0.4 is 9.04 Å². The third kappa shape index (κ3) is 4.68. The zero-order valence-corrected chi connectivity index (χ0v) is 23.1. The number of ether oxygens (including phenoxy) is 1. The van der Waals surface area contributed by atoms with E-state index in [4.69, 9.17) is 9.84 Å². The number of hydrogen-bond acceptors (Lipinski definition) is 4. The fourth-order valence-electron chi connectivity index (χ4n) is 6.09. The number of anilines is 1. The molecule has 0 saturated heterocycles. The molecule has 7 heteroatoms. The summed E-state index contributed by atoms with van der Waals surface area (Å²) in [6, 6.07) is 17.6. The molecule has 2 aliphatic rings. The van der Waals surface area contributed by atoms with Gasteiger partial charge < -0.3 is 9.84 Å². The van der Waals surface area contributed by atoms with E-state index in [2.05, 4.69) is 50.2 Å². The van der Waals surface area contributed by atoms with Crippen molar-refractivity contribution in [1.82, 2.24) is 0 Å². The fourth-order valence-corrected chi connectivity index (χ4v) is 7.78. The van der Waals surface area contributed by atoms with Gasteiger partial charge in [-0.2, -0.15) is 0 Å². The Morgan fingerprint density at radius 1 is 0.974 bits per heavy atom. The van der Waals surface area contributed by atoms with Gasteiger partial charge in [0.2, 0.25) is 0 Å². The Kier molecular flexibility index (Phi) is 6.99. The van der Waals surface area contributed by atoms with E-state index in [1.807, 2.05) is 0 Å². The van der Waals surface area contributed by atoms with Gasteiger partial charge >= 0.3 is 5.97 Å².